The number of carbonyl (C=O) groups is 1. The molecule has 2 aliphatic heterocycles. The van der Waals surface area contributed by atoms with Crippen LogP contribution in [0.2, 0.25) is 0 Å². The van der Waals surface area contributed by atoms with Gasteiger partial charge in [-0.3, -0.25) is 0 Å². The number of hydrogen-bond acceptors (Lipinski definition) is 6. The Balaban J connectivity index is 1.48. The van der Waals surface area contributed by atoms with Gasteiger partial charge in [-0.2, -0.15) is 4.89 Å². The van der Waals surface area contributed by atoms with Crippen LogP contribution in [-0.4, -0.2) is 15.5 Å². The molecule has 0 radical (unpaired) electrons. The number of carboxylic acids is 1. The van der Waals surface area contributed by atoms with Gasteiger partial charge < -0.3 is 24.1 Å². The number of allylic oxidation sites excluding steroid dienone is 1. The van der Waals surface area contributed by atoms with Gasteiger partial charge >= 0.3 is 0 Å². The maximum absolute atomic E-state index is 11.5. The van der Waals surface area contributed by atoms with Gasteiger partial charge in [-0.25, -0.2) is 4.98 Å². The summed E-state index contributed by atoms with van der Waals surface area (Å²) in [6.45, 7) is 1.35. The van der Waals surface area contributed by atoms with Gasteiger partial charge in [0, 0.05) is 23.7 Å². The van der Waals surface area contributed by atoms with Crippen LogP contribution in [0.1, 0.15) is 32.6 Å². The molecule has 6 rings (SSSR count). The number of aromatic nitrogens is 2. The molecule has 0 saturated carbocycles. The van der Waals surface area contributed by atoms with Crippen LogP contribution in [0.25, 0.3) is 16.6 Å². The molecule has 0 saturated heterocycles. The Kier molecular flexibility index (Phi) is 4.22. The molecule has 3 heterocycles. The summed E-state index contributed by atoms with van der Waals surface area (Å²) >= 11 is 0. The predicted octanol–water partition coefficient (Wildman–Crippen LogP) is 3.25. The van der Waals surface area contributed by atoms with Crippen LogP contribution in [-0.2, 0) is 24.6 Å². The Morgan fingerprint density at radius 2 is 1.94 bits per heavy atom. The summed E-state index contributed by atoms with van der Waals surface area (Å²) in [5, 5.41) is 11.5. The Morgan fingerprint density at radius 1 is 1.03 bits per heavy atom. The lowest BCUT2D eigenvalue weighted by Gasteiger charge is -2.13. The number of rotatable bonds is 3. The first-order valence-corrected chi connectivity index (χ1v) is 10.2. The van der Waals surface area contributed by atoms with Crippen LogP contribution in [0.5, 0.6) is 11.5 Å². The van der Waals surface area contributed by atoms with Crippen molar-refractivity contribution in [3.05, 3.63) is 94.8 Å². The number of imidazole rings is 1. The molecule has 7 heteroatoms. The topological polar surface area (TPSA) is 85.6 Å². The molecule has 0 fully saturated rings. The van der Waals surface area contributed by atoms with Gasteiger partial charge in [0.1, 0.15) is 19.0 Å². The molecule has 0 N–H and O–H groups in total. The number of hydrogen-bond donors (Lipinski definition) is 0. The normalized spacial score (nSPS) is 15.4. The zero-order chi connectivity index (χ0) is 21.7. The first kappa shape index (κ1) is 18.7. The van der Waals surface area contributed by atoms with E-state index in [4.69, 9.17) is 14.5 Å². The van der Waals surface area contributed by atoms with E-state index in [2.05, 4.69) is 11.1 Å². The second-order valence-corrected chi connectivity index (χ2v) is 7.75. The van der Waals surface area contributed by atoms with Crippen molar-refractivity contribution in [2.24, 2.45) is 0 Å². The van der Waals surface area contributed by atoms with Crippen molar-refractivity contribution in [1.29, 1.82) is 0 Å². The minimum absolute atomic E-state index is 0.112. The average Bonchev–Trinajstić information content (AvgIpc) is 3.39. The van der Waals surface area contributed by atoms with Crippen molar-refractivity contribution in [3.8, 4) is 11.5 Å². The third-order valence-electron chi connectivity index (χ3n) is 5.85. The highest BCUT2D eigenvalue weighted by Crippen LogP contribution is 2.37. The first-order chi connectivity index (χ1) is 15.7. The van der Waals surface area contributed by atoms with E-state index in [0.29, 0.717) is 31.3 Å². The van der Waals surface area contributed by atoms with E-state index in [0.717, 1.165) is 38.9 Å². The van der Waals surface area contributed by atoms with Crippen LogP contribution in [0, 0.1) is 0 Å². The van der Waals surface area contributed by atoms with Gasteiger partial charge in [-0.05, 0) is 46.5 Å². The van der Waals surface area contributed by atoms with E-state index >= 15 is 0 Å². The maximum Gasteiger partial charge on any atom is 0.173 e. The number of aromatic carboxylic acids is 1. The summed E-state index contributed by atoms with van der Waals surface area (Å²) < 4.78 is 8.04. The summed E-state index contributed by atoms with van der Waals surface area (Å²) in [5.74, 6) is 0.114. The minimum Gasteiger partial charge on any atom is -0.545 e. The fourth-order valence-electron chi connectivity index (χ4n) is 4.23. The molecule has 3 aromatic carbocycles. The number of ether oxygens (including phenoxy) is 1. The first-order valence-electron chi connectivity index (χ1n) is 10.2. The highest BCUT2D eigenvalue weighted by atomic mass is 17.2. The Morgan fingerprint density at radius 3 is 2.84 bits per heavy atom. The van der Waals surface area contributed by atoms with Crippen molar-refractivity contribution in [3.63, 3.8) is 0 Å². The summed E-state index contributed by atoms with van der Waals surface area (Å²) in [4.78, 5) is 26.2. The number of fused-ring (bicyclic) bond motifs is 4. The van der Waals surface area contributed by atoms with E-state index in [1.165, 1.54) is 6.07 Å². The number of carboxylic acid groups (broad SMARTS) is 1. The Labute approximate surface area is 183 Å². The third-order valence-corrected chi connectivity index (χ3v) is 5.85. The van der Waals surface area contributed by atoms with E-state index in [-0.39, 0.29) is 5.56 Å². The molecule has 2 aliphatic rings. The standard InChI is InChI=1S/C25H18N2O5/c28-25(29)15-5-6-23-20(9-15)19(18-4-2-1-3-16(18)12-30-23)7-8-27-14-26-21-11-24-17(10-22(21)27)13-31-32-24/h1-7,9-11,14H,8,12-13H2,(H,28,29)/p-1/b19-7+. The molecule has 4 aromatic rings. The molecule has 0 amide bonds. The minimum atomic E-state index is -1.22. The molecule has 7 nitrogen and oxygen atoms in total. The fraction of sp³-hybridized carbons (Fsp3) is 0.120. The molecule has 0 spiro atoms. The predicted molar refractivity (Wildman–Crippen MR) is 114 cm³/mol. The molecule has 0 bridgehead atoms. The summed E-state index contributed by atoms with van der Waals surface area (Å²) in [7, 11) is 0. The van der Waals surface area contributed by atoms with Crippen molar-refractivity contribution < 1.29 is 24.4 Å². The average molecular weight is 425 g/mol. The molecular weight excluding hydrogens is 408 g/mol. The zero-order valence-electron chi connectivity index (χ0n) is 16.9. The lowest BCUT2D eigenvalue weighted by molar-refractivity contribution is -0.255. The van der Waals surface area contributed by atoms with Crippen LogP contribution in [0.15, 0.2) is 67.0 Å². The van der Waals surface area contributed by atoms with Crippen LogP contribution < -0.4 is 14.7 Å². The van der Waals surface area contributed by atoms with Gasteiger partial charge in [0.05, 0.1) is 23.3 Å². The summed E-state index contributed by atoms with van der Waals surface area (Å²) in [6, 6.07) is 16.7. The summed E-state index contributed by atoms with van der Waals surface area (Å²) in [6.07, 6.45) is 3.86. The molecule has 0 aliphatic carbocycles. The molecular formula is C25H17N2O5-. The molecule has 0 atom stereocenters. The maximum atomic E-state index is 11.5. The SMILES string of the molecule is O=C([O-])c1ccc2c(c1)/C(=C/Cn1cnc3cc4c(cc31)COO4)c1ccccc1CO2. The highest BCUT2D eigenvalue weighted by Gasteiger charge is 2.20. The molecule has 32 heavy (non-hydrogen) atoms. The molecule has 0 unspecified atom stereocenters. The largest absolute Gasteiger partial charge is 0.545 e. The lowest BCUT2D eigenvalue weighted by Crippen LogP contribution is -2.22. The van der Waals surface area contributed by atoms with E-state index in [1.807, 2.05) is 41.0 Å². The van der Waals surface area contributed by atoms with E-state index in [1.54, 1.807) is 18.5 Å². The summed E-state index contributed by atoms with van der Waals surface area (Å²) in [5.41, 5.74) is 6.55. The smallest absolute Gasteiger partial charge is 0.173 e. The zero-order valence-corrected chi connectivity index (χ0v) is 16.9. The van der Waals surface area contributed by atoms with E-state index < -0.39 is 5.97 Å². The van der Waals surface area contributed by atoms with Crippen LogP contribution in [0.4, 0.5) is 0 Å². The second kappa shape index (κ2) is 7.25. The number of benzene rings is 3. The quantitative estimate of drug-likeness (QED) is 0.469. The molecule has 158 valence electrons. The van der Waals surface area contributed by atoms with Gasteiger partial charge in [-0.15, -0.1) is 0 Å². The van der Waals surface area contributed by atoms with Crippen LogP contribution in [0.3, 0.4) is 0 Å². The molecule has 1 aromatic heterocycles. The van der Waals surface area contributed by atoms with E-state index in [9.17, 15) is 9.90 Å². The van der Waals surface area contributed by atoms with Crippen molar-refractivity contribution in [1.82, 2.24) is 9.55 Å². The third kappa shape index (κ3) is 3.02. The van der Waals surface area contributed by atoms with Gasteiger partial charge in [0.25, 0.3) is 0 Å². The number of carbonyl (C=O) groups excluding carboxylic acids is 1. The van der Waals surface area contributed by atoms with Gasteiger partial charge in [-0.1, -0.05) is 30.3 Å². The second-order valence-electron chi connectivity index (χ2n) is 7.75. The van der Waals surface area contributed by atoms with Crippen molar-refractivity contribution in [2.45, 2.75) is 19.8 Å². The highest BCUT2D eigenvalue weighted by molar-refractivity contribution is 5.91. The fourth-order valence-corrected chi connectivity index (χ4v) is 4.23. The number of nitrogens with zero attached hydrogens (tertiary/aromatic N) is 2. The Hall–Kier alpha value is -4.10. The van der Waals surface area contributed by atoms with Crippen LogP contribution >= 0.6 is 0 Å². The van der Waals surface area contributed by atoms with Crippen molar-refractivity contribution in [2.75, 3.05) is 0 Å². The van der Waals surface area contributed by atoms with Gasteiger partial charge in [0.15, 0.2) is 5.75 Å². The van der Waals surface area contributed by atoms with Crippen molar-refractivity contribution >= 4 is 22.6 Å². The monoisotopic (exact) mass is 425 g/mol. The lowest BCUT2D eigenvalue weighted by atomic mass is 9.93. The van der Waals surface area contributed by atoms with Gasteiger partial charge in [0.2, 0.25) is 0 Å². The Bertz CT molecular complexity index is 1420.